The normalized spacial score (nSPS) is 21.9. The van der Waals surface area contributed by atoms with Crippen LogP contribution in [0.1, 0.15) is 26.7 Å². The molecule has 2 atom stereocenters. The molecule has 2 unspecified atom stereocenters. The van der Waals surface area contributed by atoms with E-state index in [1.807, 2.05) is 21.9 Å². The van der Waals surface area contributed by atoms with E-state index < -0.39 is 0 Å². The molecule has 3 rings (SSSR count). The van der Waals surface area contributed by atoms with Gasteiger partial charge in [0.2, 0.25) is 11.8 Å². The predicted molar refractivity (Wildman–Crippen MR) is 101 cm³/mol. The van der Waals surface area contributed by atoms with Gasteiger partial charge in [-0.25, -0.2) is 0 Å². The maximum Gasteiger partial charge on any atom is 0.228 e. The molecule has 142 valence electrons. The number of piperazine rings is 1. The number of carbonyl (C=O) groups is 2. The number of rotatable bonds is 5. The lowest BCUT2D eigenvalue weighted by Gasteiger charge is -2.37. The summed E-state index contributed by atoms with van der Waals surface area (Å²) in [7, 11) is 1.66. The van der Waals surface area contributed by atoms with Crippen LogP contribution in [0, 0.1) is 5.92 Å². The fourth-order valence-corrected chi connectivity index (χ4v) is 3.78. The minimum atomic E-state index is -0.177. The van der Waals surface area contributed by atoms with Crippen LogP contribution in [0.2, 0.25) is 0 Å². The molecule has 0 aliphatic carbocycles. The zero-order valence-electron chi connectivity index (χ0n) is 16.0. The van der Waals surface area contributed by atoms with E-state index >= 15 is 0 Å². The van der Waals surface area contributed by atoms with E-state index in [-0.39, 0.29) is 23.8 Å². The van der Waals surface area contributed by atoms with Crippen molar-refractivity contribution in [3.05, 3.63) is 24.3 Å². The summed E-state index contributed by atoms with van der Waals surface area (Å²) in [4.78, 5) is 31.1. The van der Waals surface area contributed by atoms with Gasteiger partial charge in [-0.3, -0.25) is 9.59 Å². The van der Waals surface area contributed by atoms with E-state index in [0.29, 0.717) is 26.1 Å². The van der Waals surface area contributed by atoms with Crippen LogP contribution in [0.25, 0.3) is 0 Å². The van der Waals surface area contributed by atoms with Crippen molar-refractivity contribution in [2.75, 3.05) is 44.7 Å². The Balaban J connectivity index is 1.54. The highest BCUT2D eigenvalue weighted by Gasteiger charge is 2.38. The van der Waals surface area contributed by atoms with Gasteiger partial charge in [-0.15, -0.1) is 0 Å². The standard InChI is InChI=1S/C20H29N3O3/c1-4-15(2)23-14-16(13-19(23)24)20(25)22-11-9-21(10-12-22)17-5-7-18(26-3)8-6-17/h5-8,15-16H,4,9-14H2,1-3H3. The quantitative estimate of drug-likeness (QED) is 0.807. The Morgan fingerprint density at radius 1 is 1.19 bits per heavy atom. The van der Waals surface area contributed by atoms with E-state index in [1.165, 1.54) is 0 Å². The van der Waals surface area contributed by atoms with Crippen molar-refractivity contribution in [2.24, 2.45) is 5.92 Å². The number of likely N-dealkylation sites (tertiary alicyclic amines) is 1. The van der Waals surface area contributed by atoms with Gasteiger partial charge >= 0.3 is 0 Å². The summed E-state index contributed by atoms with van der Waals surface area (Å²) in [5, 5.41) is 0. The third kappa shape index (κ3) is 3.79. The van der Waals surface area contributed by atoms with Crippen LogP contribution in [-0.4, -0.2) is 67.5 Å². The second-order valence-electron chi connectivity index (χ2n) is 7.21. The highest BCUT2D eigenvalue weighted by Crippen LogP contribution is 2.25. The molecule has 6 nitrogen and oxygen atoms in total. The van der Waals surface area contributed by atoms with Crippen molar-refractivity contribution in [3.8, 4) is 5.75 Å². The van der Waals surface area contributed by atoms with E-state index in [4.69, 9.17) is 4.74 Å². The van der Waals surface area contributed by atoms with Crippen LogP contribution in [0.5, 0.6) is 5.75 Å². The molecule has 2 saturated heterocycles. The summed E-state index contributed by atoms with van der Waals surface area (Å²) in [6.07, 6.45) is 1.29. The molecular formula is C20H29N3O3. The van der Waals surface area contributed by atoms with Crippen molar-refractivity contribution in [1.29, 1.82) is 0 Å². The number of ether oxygens (including phenoxy) is 1. The van der Waals surface area contributed by atoms with Crippen LogP contribution in [0.15, 0.2) is 24.3 Å². The first-order chi connectivity index (χ1) is 12.5. The molecule has 2 amide bonds. The summed E-state index contributed by atoms with van der Waals surface area (Å²) in [6.45, 7) is 7.74. The van der Waals surface area contributed by atoms with Crippen molar-refractivity contribution >= 4 is 17.5 Å². The third-order valence-electron chi connectivity index (χ3n) is 5.66. The molecule has 0 bridgehead atoms. The number of benzene rings is 1. The Morgan fingerprint density at radius 2 is 1.85 bits per heavy atom. The van der Waals surface area contributed by atoms with Crippen LogP contribution in [0.3, 0.4) is 0 Å². The van der Waals surface area contributed by atoms with E-state index in [9.17, 15) is 9.59 Å². The number of carbonyl (C=O) groups excluding carboxylic acids is 2. The number of anilines is 1. The Bertz CT molecular complexity index is 638. The molecule has 0 radical (unpaired) electrons. The number of hydrogen-bond acceptors (Lipinski definition) is 4. The molecular weight excluding hydrogens is 330 g/mol. The van der Waals surface area contributed by atoms with Gasteiger partial charge in [0, 0.05) is 50.9 Å². The maximum atomic E-state index is 12.8. The second kappa shape index (κ2) is 7.98. The van der Waals surface area contributed by atoms with Crippen molar-refractivity contribution in [1.82, 2.24) is 9.80 Å². The lowest BCUT2D eigenvalue weighted by atomic mass is 10.1. The van der Waals surface area contributed by atoms with Gasteiger partial charge in [-0.1, -0.05) is 6.92 Å². The van der Waals surface area contributed by atoms with Crippen molar-refractivity contribution in [2.45, 2.75) is 32.7 Å². The molecule has 2 fully saturated rings. The monoisotopic (exact) mass is 359 g/mol. The first-order valence-corrected chi connectivity index (χ1v) is 9.50. The van der Waals surface area contributed by atoms with Crippen molar-refractivity contribution < 1.29 is 14.3 Å². The summed E-state index contributed by atoms with van der Waals surface area (Å²) < 4.78 is 5.20. The van der Waals surface area contributed by atoms with Crippen molar-refractivity contribution in [3.63, 3.8) is 0 Å². The summed E-state index contributed by atoms with van der Waals surface area (Å²) in [6, 6.07) is 8.24. The molecule has 2 aliphatic rings. The lowest BCUT2D eigenvalue weighted by molar-refractivity contribution is -0.136. The van der Waals surface area contributed by atoms with E-state index in [0.717, 1.165) is 30.9 Å². The van der Waals surface area contributed by atoms with Gasteiger partial charge in [0.15, 0.2) is 0 Å². The Kier molecular flexibility index (Phi) is 5.69. The molecule has 0 aromatic heterocycles. The lowest BCUT2D eigenvalue weighted by Crippen LogP contribution is -2.50. The van der Waals surface area contributed by atoms with Gasteiger partial charge in [-0.05, 0) is 37.6 Å². The second-order valence-corrected chi connectivity index (χ2v) is 7.21. The Labute approximate surface area is 155 Å². The first kappa shape index (κ1) is 18.5. The maximum absolute atomic E-state index is 12.8. The van der Waals surface area contributed by atoms with E-state index in [2.05, 4.69) is 30.9 Å². The van der Waals surface area contributed by atoms with Crippen LogP contribution >= 0.6 is 0 Å². The van der Waals surface area contributed by atoms with Crippen LogP contribution in [-0.2, 0) is 9.59 Å². The van der Waals surface area contributed by atoms with Gasteiger partial charge in [-0.2, -0.15) is 0 Å². The number of methoxy groups -OCH3 is 1. The summed E-state index contributed by atoms with van der Waals surface area (Å²) in [5.41, 5.74) is 1.15. The summed E-state index contributed by atoms with van der Waals surface area (Å²) in [5.74, 6) is 0.927. The molecule has 1 aromatic carbocycles. The smallest absolute Gasteiger partial charge is 0.228 e. The third-order valence-corrected chi connectivity index (χ3v) is 5.66. The summed E-state index contributed by atoms with van der Waals surface area (Å²) >= 11 is 0. The van der Waals surface area contributed by atoms with Gasteiger partial charge in [0.1, 0.15) is 5.75 Å². The zero-order chi connectivity index (χ0) is 18.7. The fourth-order valence-electron chi connectivity index (χ4n) is 3.78. The fraction of sp³-hybridized carbons (Fsp3) is 0.600. The zero-order valence-corrected chi connectivity index (χ0v) is 16.0. The van der Waals surface area contributed by atoms with Crippen LogP contribution in [0.4, 0.5) is 5.69 Å². The van der Waals surface area contributed by atoms with Gasteiger partial charge < -0.3 is 19.4 Å². The average molecular weight is 359 g/mol. The van der Waals surface area contributed by atoms with E-state index in [1.54, 1.807) is 7.11 Å². The largest absolute Gasteiger partial charge is 0.497 e. The molecule has 26 heavy (non-hydrogen) atoms. The predicted octanol–water partition coefficient (Wildman–Crippen LogP) is 1.99. The van der Waals surface area contributed by atoms with Gasteiger partial charge in [0.25, 0.3) is 0 Å². The van der Waals surface area contributed by atoms with Crippen LogP contribution < -0.4 is 9.64 Å². The Hall–Kier alpha value is -2.24. The topological polar surface area (TPSA) is 53.1 Å². The minimum absolute atomic E-state index is 0.120. The molecule has 0 spiro atoms. The molecule has 0 N–H and O–H groups in total. The molecule has 6 heteroatoms. The Morgan fingerprint density at radius 3 is 2.42 bits per heavy atom. The SMILES string of the molecule is CCC(C)N1CC(C(=O)N2CCN(c3ccc(OC)cc3)CC2)CC1=O. The minimum Gasteiger partial charge on any atom is -0.497 e. The number of amides is 2. The number of hydrogen-bond donors (Lipinski definition) is 0. The van der Waals surface area contributed by atoms with Gasteiger partial charge in [0.05, 0.1) is 13.0 Å². The molecule has 0 saturated carbocycles. The molecule has 2 heterocycles. The first-order valence-electron chi connectivity index (χ1n) is 9.50. The highest BCUT2D eigenvalue weighted by molar-refractivity contribution is 5.89. The molecule has 1 aromatic rings. The molecule has 2 aliphatic heterocycles. The average Bonchev–Trinajstić information content (AvgIpc) is 3.08. The number of nitrogens with zero attached hydrogens (tertiary/aromatic N) is 3. The highest BCUT2D eigenvalue weighted by atomic mass is 16.5.